The summed E-state index contributed by atoms with van der Waals surface area (Å²) < 4.78 is 66.1. The van der Waals surface area contributed by atoms with Crippen molar-refractivity contribution in [2.45, 2.75) is 58.7 Å². The lowest BCUT2D eigenvalue weighted by Crippen LogP contribution is -2.43. The van der Waals surface area contributed by atoms with Crippen LogP contribution in [0.25, 0.3) is 0 Å². The van der Waals surface area contributed by atoms with Crippen LogP contribution in [-0.4, -0.2) is 31.3 Å². The summed E-state index contributed by atoms with van der Waals surface area (Å²) in [6.45, 7) is 5.55. The number of hydrogen-bond donors (Lipinski definition) is 0. The van der Waals surface area contributed by atoms with E-state index >= 15 is 4.39 Å². The molecule has 0 heterocycles. The van der Waals surface area contributed by atoms with Crippen molar-refractivity contribution in [1.82, 2.24) is 0 Å². The van der Waals surface area contributed by atoms with Crippen LogP contribution in [0.1, 0.15) is 72.7 Å². The molecule has 3 rings (SSSR count). The maximum Gasteiger partial charge on any atom is 0.420 e. The molecule has 0 aliphatic heterocycles. The summed E-state index contributed by atoms with van der Waals surface area (Å²) in [5, 5.41) is 0. The fraction of sp³-hybridized carbons (Fsp3) is 0.444. The molecule has 200 valence electrons. The van der Waals surface area contributed by atoms with Gasteiger partial charge in [0.05, 0.1) is 23.9 Å². The molecule has 1 fully saturated rings. The van der Waals surface area contributed by atoms with E-state index in [-0.39, 0.29) is 34.9 Å². The number of methoxy groups -OCH3 is 1. The SMILES string of the molecule is COC(=O)c1cc(Oc2ccc(C=O)cc2C(F)(F)F)c(F)cc1N(C(=O)C1CCC(C)CC1)C(C)C. The van der Waals surface area contributed by atoms with Gasteiger partial charge in [0.25, 0.3) is 0 Å². The van der Waals surface area contributed by atoms with E-state index in [0.29, 0.717) is 24.8 Å². The van der Waals surface area contributed by atoms with E-state index in [1.54, 1.807) is 13.8 Å². The van der Waals surface area contributed by atoms with E-state index in [9.17, 15) is 27.6 Å². The van der Waals surface area contributed by atoms with Crippen LogP contribution in [0.4, 0.5) is 23.2 Å². The van der Waals surface area contributed by atoms with Gasteiger partial charge in [0, 0.05) is 29.7 Å². The second kappa shape index (κ2) is 11.3. The zero-order valence-corrected chi connectivity index (χ0v) is 21.0. The van der Waals surface area contributed by atoms with Gasteiger partial charge in [-0.15, -0.1) is 0 Å². The maximum absolute atomic E-state index is 15.3. The Morgan fingerprint density at radius 3 is 2.24 bits per heavy atom. The van der Waals surface area contributed by atoms with Gasteiger partial charge in [-0.3, -0.25) is 9.59 Å². The van der Waals surface area contributed by atoms with E-state index in [1.807, 2.05) is 0 Å². The van der Waals surface area contributed by atoms with Crippen LogP contribution < -0.4 is 9.64 Å². The molecule has 1 amide bonds. The molecular weight excluding hydrogens is 494 g/mol. The van der Waals surface area contributed by atoms with Gasteiger partial charge < -0.3 is 14.4 Å². The number of nitrogens with zero attached hydrogens (tertiary/aromatic N) is 1. The van der Waals surface area contributed by atoms with Gasteiger partial charge in [0.1, 0.15) is 12.0 Å². The highest BCUT2D eigenvalue weighted by Crippen LogP contribution is 2.41. The van der Waals surface area contributed by atoms with Crippen molar-refractivity contribution >= 4 is 23.9 Å². The summed E-state index contributed by atoms with van der Waals surface area (Å²) >= 11 is 0. The van der Waals surface area contributed by atoms with Gasteiger partial charge in [0.2, 0.25) is 5.91 Å². The Kier molecular flexibility index (Phi) is 8.60. The third kappa shape index (κ3) is 6.29. The molecule has 0 radical (unpaired) electrons. The molecule has 0 atom stereocenters. The van der Waals surface area contributed by atoms with Gasteiger partial charge in [-0.05, 0) is 63.6 Å². The molecule has 1 aliphatic carbocycles. The van der Waals surface area contributed by atoms with E-state index < -0.39 is 41.1 Å². The fourth-order valence-electron chi connectivity index (χ4n) is 4.50. The van der Waals surface area contributed by atoms with Crippen molar-refractivity contribution in [1.29, 1.82) is 0 Å². The number of carbonyl (C=O) groups excluding carboxylic acids is 3. The number of halogens is 4. The van der Waals surface area contributed by atoms with Gasteiger partial charge >= 0.3 is 12.1 Å². The summed E-state index contributed by atoms with van der Waals surface area (Å²) in [6, 6.07) is 3.95. The molecule has 0 spiro atoms. The van der Waals surface area contributed by atoms with Crippen molar-refractivity contribution in [3.05, 3.63) is 52.8 Å². The highest BCUT2D eigenvalue weighted by molar-refractivity contribution is 6.04. The molecule has 10 heteroatoms. The Labute approximate surface area is 212 Å². The highest BCUT2D eigenvalue weighted by atomic mass is 19.4. The Bertz CT molecular complexity index is 1170. The lowest BCUT2D eigenvalue weighted by molar-refractivity contribution is -0.138. The average molecular weight is 524 g/mol. The number of amides is 1. The van der Waals surface area contributed by atoms with Crippen molar-refractivity contribution in [2.24, 2.45) is 11.8 Å². The quantitative estimate of drug-likeness (QED) is 0.227. The number of anilines is 1. The minimum atomic E-state index is -4.89. The molecule has 0 saturated heterocycles. The first kappa shape index (κ1) is 28.1. The van der Waals surface area contributed by atoms with Crippen LogP contribution in [0.5, 0.6) is 11.5 Å². The molecule has 1 aliphatic rings. The number of ether oxygens (including phenoxy) is 2. The Hall–Kier alpha value is -3.43. The van der Waals surface area contributed by atoms with Gasteiger partial charge in [0.15, 0.2) is 11.6 Å². The molecule has 0 bridgehead atoms. The van der Waals surface area contributed by atoms with Crippen LogP contribution in [0.15, 0.2) is 30.3 Å². The van der Waals surface area contributed by atoms with Crippen molar-refractivity contribution in [2.75, 3.05) is 12.0 Å². The summed E-state index contributed by atoms with van der Waals surface area (Å²) in [6.07, 6.45) is -1.58. The minimum absolute atomic E-state index is 0.0531. The van der Waals surface area contributed by atoms with Crippen molar-refractivity contribution in [3.8, 4) is 11.5 Å². The number of aldehydes is 1. The lowest BCUT2D eigenvalue weighted by atomic mass is 9.82. The van der Waals surface area contributed by atoms with E-state index in [0.717, 1.165) is 44.2 Å². The molecule has 6 nitrogen and oxygen atoms in total. The number of esters is 1. The van der Waals surface area contributed by atoms with E-state index in [2.05, 4.69) is 6.92 Å². The molecule has 0 unspecified atom stereocenters. The van der Waals surface area contributed by atoms with Gasteiger partial charge in [-0.25, -0.2) is 9.18 Å². The third-order valence-corrected chi connectivity index (χ3v) is 6.50. The Balaban J connectivity index is 2.08. The monoisotopic (exact) mass is 523 g/mol. The lowest BCUT2D eigenvalue weighted by Gasteiger charge is -2.34. The van der Waals surface area contributed by atoms with E-state index in [4.69, 9.17) is 9.47 Å². The third-order valence-electron chi connectivity index (χ3n) is 6.50. The number of benzene rings is 2. The zero-order valence-electron chi connectivity index (χ0n) is 21.0. The second-order valence-electron chi connectivity index (χ2n) is 9.52. The predicted octanol–water partition coefficient (Wildman–Crippen LogP) is 6.80. The van der Waals surface area contributed by atoms with Crippen LogP contribution >= 0.6 is 0 Å². The number of hydrogen-bond acceptors (Lipinski definition) is 5. The molecule has 2 aromatic carbocycles. The fourth-order valence-corrected chi connectivity index (χ4v) is 4.50. The molecule has 0 aromatic heterocycles. The van der Waals surface area contributed by atoms with Crippen LogP contribution in [0.3, 0.4) is 0 Å². The Morgan fingerprint density at radius 2 is 1.70 bits per heavy atom. The molecular formula is C27H29F4NO5. The summed E-state index contributed by atoms with van der Waals surface area (Å²) in [7, 11) is 1.10. The molecule has 2 aromatic rings. The summed E-state index contributed by atoms with van der Waals surface area (Å²) in [5.74, 6) is -3.48. The molecule has 0 N–H and O–H groups in total. The number of alkyl halides is 3. The largest absolute Gasteiger partial charge is 0.465 e. The first-order valence-corrected chi connectivity index (χ1v) is 12.0. The van der Waals surface area contributed by atoms with Crippen LogP contribution in [0, 0.1) is 17.7 Å². The first-order chi connectivity index (χ1) is 17.4. The predicted molar refractivity (Wildman–Crippen MR) is 128 cm³/mol. The van der Waals surface area contributed by atoms with Gasteiger partial charge in [-0.1, -0.05) is 6.92 Å². The Morgan fingerprint density at radius 1 is 1.05 bits per heavy atom. The standard InChI is InChI=1S/C27H29F4NO5/c1-15(2)32(25(34)18-8-5-16(3)6-9-18)22-13-21(28)24(12-19(22)26(35)36-4)37-23-10-7-17(14-33)11-20(23)27(29,30)31/h7,10-16,18H,5-6,8-9H2,1-4H3. The van der Waals surface area contributed by atoms with Crippen molar-refractivity contribution in [3.63, 3.8) is 0 Å². The second-order valence-corrected chi connectivity index (χ2v) is 9.52. The summed E-state index contributed by atoms with van der Waals surface area (Å²) in [5.41, 5.74) is -1.81. The van der Waals surface area contributed by atoms with Crippen LogP contribution in [-0.2, 0) is 15.7 Å². The van der Waals surface area contributed by atoms with E-state index in [1.165, 1.54) is 4.90 Å². The highest BCUT2D eigenvalue weighted by Gasteiger charge is 2.36. The smallest absolute Gasteiger partial charge is 0.420 e. The number of rotatable bonds is 7. The summed E-state index contributed by atoms with van der Waals surface area (Å²) in [4.78, 5) is 38.4. The molecule has 37 heavy (non-hydrogen) atoms. The average Bonchev–Trinajstić information content (AvgIpc) is 2.84. The topological polar surface area (TPSA) is 72.9 Å². The van der Waals surface area contributed by atoms with Gasteiger partial charge in [-0.2, -0.15) is 13.2 Å². The zero-order chi connectivity index (χ0) is 27.5. The normalized spacial score (nSPS) is 17.9. The van der Waals surface area contributed by atoms with Crippen molar-refractivity contribution < 1.29 is 41.4 Å². The number of carbonyl (C=O) groups is 3. The molecule has 1 saturated carbocycles. The minimum Gasteiger partial charge on any atom is -0.465 e. The maximum atomic E-state index is 15.3. The first-order valence-electron chi connectivity index (χ1n) is 12.0. The van der Waals surface area contributed by atoms with Crippen LogP contribution in [0.2, 0.25) is 0 Å².